The van der Waals surface area contributed by atoms with Gasteiger partial charge in [-0.3, -0.25) is 0 Å². The molecule has 1 heterocycles. The number of halogens is 2. The van der Waals surface area contributed by atoms with Crippen molar-refractivity contribution in [3.63, 3.8) is 0 Å². The zero-order valence-electron chi connectivity index (χ0n) is 11.7. The summed E-state index contributed by atoms with van der Waals surface area (Å²) < 4.78 is 55.2. The third-order valence-corrected chi connectivity index (χ3v) is 5.03. The normalized spacial score (nSPS) is 15.2. The third kappa shape index (κ3) is 3.02. The maximum absolute atomic E-state index is 13.6. The first-order valence-electron chi connectivity index (χ1n) is 6.94. The minimum atomic E-state index is -4.23. The Kier molecular flexibility index (Phi) is 3.96. The van der Waals surface area contributed by atoms with Gasteiger partial charge in [-0.2, -0.15) is 0 Å². The lowest BCUT2D eigenvalue weighted by Crippen LogP contribution is -2.29. The zero-order valence-corrected chi connectivity index (χ0v) is 12.5. The van der Waals surface area contributed by atoms with Gasteiger partial charge in [0.05, 0.1) is 0 Å². The molecule has 0 spiro atoms. The summed E-state index contributed by atoms with van der Waals surface area (Å²) in [5.41, 5.74) is 0. The molecule has 0 atom stereocenters. The summed E-state index contributed by atoms with van der Waals surface area (Å²) >= 11 is 0. The molecular formula is C14H15F2N3O2S. The summed E-state index contributed by atoms with van der Waals surface area (Å²) in [5, 5.41) is 0. The van der Waals surface area contributed by atoms with Crippen molar-refractivity contribution >= 4 is 10.0 Å². The Morgan fingerprint density at radius 1 is 1.27 bits per heavy atom. The molecule has 0 radical (unpaired) electrons. The van der Waals surface area contributed by atoms with E-state index in [0.717, 1.165) is 36.9 Å². The predicted octanol–water partition coefficient (Wildman–Crippen LogP) is 2.02. The molecule has 2 aromatic rings. The van der Waals surface area contributed by atoms with Crippen LogP contribution in [0.4, 0.5) is 8.78 Å². The molecule has 118 valence electrons. The summed E-state index contributed by atoms with van der Waals surface area (Å²) in [6.07, 6.45) is 5.61. The van der Waals surface area contributed by atoms with E-state index < -0.39 is 26.6 Å². The van der Waals surface area contributed by atoms with Gasteiger partial charge in [0.1, 0.15) is 17.5 Å². The summed E-state index contributed by atoms with van der Waals surface area (Å²) in [7, 11) is -4.23. The first-order valence-corrected chi connectivity index (χ1v) is 8.42. The highest BCUT2D eigenvalue weighted by Crippen LogP contribution is 2.38. The molecule has 3 rings (SSSR count). The average molecular weight is 327 g/mol. The fraction of sp³-hybridized carbons (Fsp3) is 0.357. The third-order valence-electron chi connectivity index (χ3n) is 3.52. The maximum Gasteiger partial charge on any atom is 0.246 e. The van der Waals surface area contributed by atoms with Crippen LogP contribution in [0.5, 0.6) is 0 Å². The smallest absolute Gasteiger partial charge is 0.246 e. The SMILES string of the molecule is O=S(=O)(NCCn1ccnc1C1CC1)c1c(F)cccc1F. The molecule has 1 saturated carbocycles. The van der Waals surface area contributed by atoms with E-state index in [4.69, 9.17) is 0 Å². The molecule has 22 heavy (non-hydrogen) atoms. The number of nitrogens with zero attached hydrogens (tertiary/aromatic N) is 2. The van der Waals surface area contributed by atoms with E-state index in [1.807, 2.05) is 4.57 Å². The van der Waals surface area contributed by atoms with Crippen molar-refractivity contribution in [1.82, 2.24) is 14.3 Å². The van der Waals surface area contributed by atoms with Gasteiger partial charge in [-0.05, 0) is 25.0 Å². The number of aromatic nitrogens is 2. The van der Waals surface area contributed by atoms with E-state index in [0.29, 0.717) is 12.5 Å². The second-order valence-corrected chi connectivity index (χ2v) is 6.91. The van der Waals surface area contributed by atoms with Crippen LogP contribution in [-0.4, -0.2) is 24.5 Å². The van der Waals surface area contributed by atoms with Crippen molar-refractivity contribution in [2.75, 3.05) is 6.54 Å². The van der Waals surface area contributed by atoms with Gasteiger partial charge < -0.3 is 4.57 Å². The molecule has 1 aromatic heterocycles. The molecule has 0 aliphatic heterocycles. The van der Waals surface area contributed by atoms with Gasteiger partial charge in [-0.1, -0.05) is 6.07 Å². The topological polar surface area (TPSA) is 64.0 Å². The monoisotopic (exact) mass is 327 g/mol. The van der Waals surface area contributed by atoms with Crippen LogP contribution >= 0.6 is 0 Å². The van der Waals surface area contributed by atoms with E-state index in [-0.39, 0.29) is 6.54 Å². The second-order valence-electron chi connectivity index (χ2n) is 5.20. The first kappa shape index (κ1) is 15.1. The maximum atomic E-state index is 13.6. The lowest BCUT2D eigenvalue weighted by molar-refractivity contribution is 0.511. The Labute approximate surface area is 127 Å². The molecular weight excluding hydrogens is 312 g/mol. The van der Waals surface area contributed by atoms with Crippen molar-refractivity contribution in [3.8, 4) is 0 Å². The van der Waals surface area contributed by atoms with Gasteiger partial charge >= 0.3 is 0 Å². The molecule has 0 unspecified atom stereocenters. The summed E-state index contributed by atoms with van der Waals surface area (Å²) in [6.45, 7) is 0.396. The van der Waals surface area contributed by atoms with Crippen LogP contribution in [0, 0.1) is 11.6 Å². The van der Waals surface area contributed by atoms with Crippen molar-refractivity contribution < 1.29 is 17.2 Å². The molecule has 1 aliphatic rings. The van der Waals surface area contributed by atoms with E-state index in [1.165, 1.54) is 0 Å². The van der Waals surface area contributed by atoms with Crippen molar-refractivity contribution in [1.29, 1.82) is 0 Å². The van der Waals surface area contributed by atoms with Crippen LogP contribution in [0.25, 0.3) is 0 Å². The number of imidazole rings is 1. The van der Waals surface area contributed by atoms with Gasteiger partial charge in [0.25, 0.3) is 0 Å². The number of rotatable bonds is 6. The highest BCUT2D eigenvalue weighted by Gasteiger charge is 2.28. The summed E-state index contributed by atoms with van der Waals surface area (Å²) in [6, 6.07) is 2.95. The predicted molar refractivity (Wildman–Crippen MR) is 75.7 cm³/mol. The van der Waals surface area contributed by atoms with Crippen molar-refractivity contribution in [3.05, 3.63) is 48.1 Å². The number of nitrogens with one attached hydrogen (secondary N) is 1. The van der Waals surface area contributed by atoms with Crippen LogP contribution in [0.15, 0.2) is 35.5 Å². The quantitative estimate of drug-likeness (QED) is 0.883. The lowest BCUT2D eigenvalue weighted by Gasteiger charge is -2.10. The van der Waals surface area contributed by atoms with Crippen LogP contribution < -0.4 is 4.72 Å². The molecule has 1 fully saturated rings. The number of sulfonamides is 1. The molecule has 1 aromatic carbocycles. The van der Waals surface area contributed by atoms with E-state index >= 15 is 0 Å². The van der Waals surface area contributed by atoms with Gasteiger partial charge in [-0.15, -0.1) is 0 Å². The van der Waals surface area contributed by atoms with Crippen LogP contribution in [0.2, 0.25) is 0 Å². The molecule has 5 nitrogen and oxygen atoms in total. The van der Waals surface area contributed by atoms with Gasteiger partial charge in [0.15, 0.2) is 4.90 Å². The number of hydrogen-bond donors (Lipinski definition) is 1. The Hall–Kier alpha value is -1.80. The van der Waals surface area contributed by atoms with Crippen molar-refractivity contribution in [2.24, 2.45) is 0 Å². The Bertz CT molecular complexity index is 765. The molecule has 1 aliphatic carbocycles. The Morgan fingerprint density at radius 3 is 2.59 bits per heavy atom. The van der Waals surface area contributed by atoms with Crippen LogP contribution in [0.1, 0.15) is 24.6 Å². The average Bonchev–Trinajstić information content (AvgIpc) is 3.18. The van der Waals surface area contributed by atoms with Crippen LogP contribution in [-0.2, 0) is 16.6 Å². The lowest BCUT2D eigenvalue weighted by atomic mass is 10.3. The largest absolute Gasteiger partial charge is 0.333 e. The van der Waals surface area contributed by atoms with Gasteiger partial charge in [0, 0.05) is 31.4 Å². The Morgan fingerprint density at radius 2 is 1.95 bits per heavy atom. The molecule has 8 heteroatoms. The Balaban J connectivity index is 1.69. The second kappa shape index (κ2) is 5.77. The van der Waals surface area contributed by atoms with E-state index in [1.54, 1.807) is 12.4 Å². The van der Waals surface area contributed by atoms with Gasteiger partial charge in [-0.25, -0.2) is 26.9 Å². The molecule has 1 N–H and O–H groups in total. The molecule has 0 amide bonds. The zero-order chi connectivity index (χ0) is 15.7. The van der Waals surface area contributed by atoms with Crippen molar-refractivity contribution in [2.45, 2.75) is 30.2 Å². The summed E-state index contributed by atoms with van der Waals surface area (Å²) in [5.74, 6) is -0.838. The minimum absolute atomic E-state index is 0.0339. The highest BCUT2D eigenvalue weighted by molar-refractivity contribution is 7.89. The number of benzene rings is 1. The fourth-order valence-corrected chi connectivity index (χ4v) is 3.48. The number of hydrogen-bond acceptors (Lipinski definition) is 3. The van der Waals surface area contributed by atoms with E-state index in [2.05, 4.69) is 9.71 Å². The fourth-order valence-electron chi connectivity index (χ4n) is 2.32. The van der Waals surface area contributed by atoms with E-state index in [9.17, 15) is 17.2 Å². The highest BCUT2D eigenvalue weighted by atomic mass is 32.2. The standard InChI is InChI=1S/C14H15F2N3O2S/c15-11-2-1-3-12(16)13(11)22(20,21)18-7-9-19-8-6-17-14(19)10-4-5-10/h1-3,6,8,10,18H,4-5,7,9H2. The van der Waals surface area contributed by atoms with Gasteiger partial charge in [0.2, 0.25) is 10.0 Å². The molecule has 0 bridgehead atoms. The molecule has 0 saturated heterocycles. The first-order chi connectivity index (χ1) is 10.5. The minimum Gasteiger partial charge on any atom is -0.333 e. The summed E-state index contributed by atoms with van der Waals surface area (Å²) in [4.78, 5) is 3.30. The van der Waals surface area contributed by atoms with Crippen LogP contribution in [0.3, 0.4) is 0 Å².